The minimum Gasteiger partial charge on any atom is -0.493 e. The molecule has 28 heavy (non-hydrogen) atoms. The molecule has 0 bridgehead atoms. The summed E-state index contributed by atoms with van der Waals surface area (Å²) in [5.74, 6) is 1.64. The molecule has 1 aromatic rings. The third-order valence-corrected chi connectivity index (χ3v) is 5.49. The van der Waals surface area contributed by atoms with E-state index in [9.17, 15) is 9.59 Å². The van der Waals surface area contributed by atoms with Crippen LogP contribution < -0.4 is 19.5 Å². The van der Waals surface area contributed by atoms with Crippen LogP contribution in [0.3, 0.4) is 0 Å². The highest BCUT2D eigenvalue weighted by Crippen LogP contribution is 2.38. The third-order valence-electron chi connectivity index (χ3n) is 5.49. The monoisotopic (exact) mass is 393 g/mol. The predicted octanol–water partition coefficient (Wildman–Crippen LogP) is 2.74. The molecule has 1 aliphatic carbocycles. The summed E-state index contributed by atoms with van der Waals surface area (Å²) >= 11 is 0. The quantitative estimate of drug-likeness (QED) is 0.684. The normalized spacial score (nSPS) is 21.5. The maximum atomic E-state index is 12.2. The fraction of sp³-hybridized carbons (Fsp3) is 0.619. The van der Waals surface area contributed by atoms with Crippen LogP contribution in [0.15, 0.2) is 12.1 Å². The Bertz CT molecular complexity index is 664. The number of amides is 1. The number of hydrogen-bond acceptors (Lipinski definition) is 6. The van der Waals surface area contributed by atoms with E-state index in [1.165, 1.54) is 27.8 Å². The van der Waals surface area contributed by atoms with E-state index in [4.69, 9.17) is 18.9 Å². The lowest BCUT2D eigenvalue weighted by atomic mass is 9.78. The van der Waals surface area contributed by atoms with Crippen molar-refractivity contribution in [2.75, 3.05) is 27.9 Å². The van der Waals surface area contributed by atoms with Crippen molar-refractivity contribution < 1.29 is 28.5 Å². The summed E-state index contributed by atoms with van der Waals surface area (Å²) in [6.45, 7) is 4.09. The van der Waals surface area contributed by atoms with Gasteiger partial charge in [0.25, 0.3) is 5.91 Å². The van der Waals surface area contributed by atoms with Crippen LogP contribution in [-0.2, 0) is 20.7 Å². The molecule has 1 aromatic carbocycles. The van der Waals surface area contributed by atoms with E-state index in [0.717, 1.165) is 12.8 Å². The summed E-state index contributed by atoms with van der Waals surface area (Å²) in [6.07, 6.45) is 3.27. The smallest absolute Gasteiger partial charge is 0.310 e. The van der Waals surface area contributed by atoms with Crippen molar-refractivity contribution in [1.82, 2.24) is 5.32 Å². The molecule has 1 saturated carbocycles. The molecule has 156 valence electrons. The molecule has 1 fully saturated rings. The lowest BCUT2D eigenvalue weighted by Crippen LogP contribution is -2.45. The van der Waals surface area contributed by atoms with Gasteiger partial charge in [0.1, 0.15) is 0 Å². The molecule has 0 radical (unpaired) electrons. The fourth-order valence-electron chi connectivity index (χ4n) is 3.64. The largest absolute Gasteiger partial charge is 0.493 e. The van der Waals surface area contributed by atoms with E-state index in [1.54, 1.807) is 12.1 Å². The molecule has 1 aliphatic rings. The highest BCUT2D eigenvalue weighted by atomic mass is 16.5. The molecule has 0 aromatic heterocycles. The molecule has 2 rings (SSSR count). The maximum Gasteiger partial charge on any atom is 0.310 e. The molecule has 7 nitrogen and oxygen atoms in total. The van der Waals surface area contributed by atoms with Gasteiger partial charge in [-0.1, -0.05) is 26.7 Å². The number of ether oxygens (including phenoxy) is 4. The zero-order valence-corrected chi connectivity index (χ0v) is 17.4. The number of esters is 1. The van der Waals surface area contributed by atoms with Crippen LogP contribution in [0, 0.1) is 11.8 Å². The molecule has 0 heterocycles. The molecule has 0 saturated heterocycles. The molecule has 0 spiro atoms. The van der Waals surface area contributed by atoms with Crippen LogP contribution in [0.1, 0.15) is 38.7 Å². The second kappa shape index (κ2) is 10.2. The van der Waals surface area contributed by atoms with Gasteiger partial charge >= 0.3 is 5.97 Å². The number of hydrogen-bond donors (Lipinski definition) is 1. The first kappa shape index (κ1) is 21.9. The van der Waals surface area contributed by atoms with Crippen molar-refractivity contribution in [1.29, 1.82) is 0 Å². The summed E-state index contributed by atoms with van der Waals surface area (Å²) in [7, 11) is 4.54. The van der Waals surface area contributed by atoms with E-state index in [1.807, 2.05) is 0 Å². The Hall–Kier alpha value is -2.44. The second-order valence-corrected chi connectivity index (χ2v) is 7.31. The van der Waals surface area contributed by atoms with Gasteiger partial charge in [-0.15, -0.1) is 0 Å². The van der Waals surface area contributed by atoms with Crippen LogP contribution in [0.5, 0.6) is 17.2 Å². The molecule has 1 amide bonds. The number of rotatable bonds is 8. The predicted molar refractivity (Wildman–Crippen MR) is 105 cm³/mol. The lowest BCUT2D eigenvalue weighted by molar-refractivity contribution is -0.148. The molecule has 0 aliphatic heterocycles. The Kier molecular flexibility index (Phi) is 7.96. The van der Waals surface area contributed by atoms with Crippen LogP contribution in [0.2, 0.25) is 0 Å². The summed E-state index contributed by atoms with van der Waals surface area (Å²) in [5, 5.41) is 3.00. The van der Waals surface area contributed by atoms with Gasteiger partial charge in [0, 0.05) is 6.04 Å². The van der Waals surface area contributed by atoms with E-state index < -0.39 is 5.97 Å². The van der Waals surface area contributed by atoms with Crippen molar-refractivity contribution in [3.8, 4) is 17.2 Å². The number of carbonyl (C=O) groups excluding carboxylic acids is 2. The Balaban J connectivity index is 1.89. The molecular weight excluding hydrogens is 362 g/mol. The SMILES string of the molecule is COc1cc(CC(=O)OCC(=O)N[C@@H]2CCC[C@@H](C)[C@@H]2C)cc(OC)c1OC. The number of carbonyl (C=O) groups is 2. The van der Waals surface area contributed by atoms with E-state index >= 15 is 0 Å². The highest BCUT2D eigenvalue weighted by molar-refractivity contribution is 5.81. The van der Waals surface area contributed by atoms with Crippen LogP contribution in [0.25, 0.3) is 0 Å². The fourth-order valence-corrected chi connectivity index (χ4v) is 3.64. The zero-order valence-electron chi connectivity index (χ0n) is 17.4. The lowest BCUT2D eigenvalue weighted by Gasteiger charge is -2.34. The van der Waals surface area contributed by atoms with Gasteiger partial charge in [0.05, 0.1) is 27.8 Å². The van der Waals surface area contributed by atoms with E-state index in [2.05, 4.69) is 19.2 Å². The number of methoxy groups -OCH3 is 3. The van der Waals surface area contributed by atoms with Gasteiger partial charge in [-0.05, 0) is 36.0 Å². The average Bonchev–Trinajstić information content (AvgIpc) is 2.69. The Morgan fingerprint density at radius 1 is 1.04 bits per heavy atom. The number of benzene rings is 1. The minimum absolute atomic E-state index is 0.000853. The second-order valence-electron chi connectivity index (χ2n) is 7.31. The van der Waals surface area contributed by atoms with Crippen LogP contribution in [-0.4, -0.2) is 45.9 Å². The maximum absolute atomic E-state index is 12.2. The van der Waals surface area contributed by atoms with Crippen molar-refractivity contribution >= 4 is 11.9 Å². The van der Waals surface area contributed by atoms with Crippen molar-refractivity contribution in [3.63, 3.8) is 0 Å². The highest BCUT2D eigenvalue weighted by Gasteiger charge is 2.28. The summed E-state index contributed by atoms with van der Waals surface area (Å²) < 4.78 is 21.0. The third kappa shape index (κ3) is 5.53. The van der Waals surface area contributed by atoms with Crippen LogP contribution >= 0.6 is 0 Å². The first-order chi connectivity index (χ1) is 13.4. The van der Waals surface area contributed by atoms with Gasteiger partial charge in [-0.2, -0.15) is 0 Å². The Labute approximate surface area is 166 Å². The summed E-state index contributed by atoms with van der Waals surface area (Å²) in [4.78, 5) is 24.3. The summed E-state index contributed by atoms with van der Waals surface area (Å²) in [5.41, 5.74) is 0.648. The Morgan fingerprint density at radius 2 is 1.68 bits per heavy atom. The summed E-state index contributed by atoms with van der Waals surface area (Å²) in [6, 6.07) is 3.52. The molecule has 0 unspecified atom stereocenters. The minimum atomic E-state index is -0.491. The van der Waals surface area contributed by atoms with Gasteiger partial charge in [0.2, 0.25) is 5.75 Å². The molecular formula is C21H31NO6. The van der Waals surface area contributed by atoms with Crippen molar-refractivity contribution in [3.05, 3.63) is 17.7 Å². The van der Waals surface area contributed by atoms with Gasteiger partial charge in [0.15, 0.2) is 18.1 Å². The van der Waals surface area contributed by atoms with E-state index in [0.29, 0.717) is 34.6 Å². The average molecular weight is 393 g/mol. The molecule has 7 heteroatoms. The van der Waals surface area contributed by atoms with Crippen LogP contribution in [0.4, 0.5) is 0 Å². The Morgan fingerprint density at radius 3 is 2.25 bits per heavy atom. The first-order valence-corrected chi connectivity index (χ1v) is 9.63. The van der Waals surface area contributed by atoms with E-state index in [-0.39, 0.29) is 25.0 Å². The van der Waals surface area contributed by atoms with Crippen molar-refractivity contribution in [2.24, 2.45) is 11.8 Å². The van der Waals surface area contributed by atoms with Crippen molar-refractivity contribution in [2.45, 2.75) is 45.6 Å². The standard InChI is InChI=1S/C21H31NO6/c1-13-7-6-8-16(14(13)2)22-19(23)12-28-20(24)11-15-9-17(25-3)21(27-5)18(10-15)26-4/h9-10,13-14,16H,6-8,11-12H2,1-5H3,(H,22,23)/t13-,14+,16-/m1/s1. The van der Waals surface area contributed by atoms with Gasteiger partial charge < -0.3 is 24.3 Å². The van der Waals surface area contributed by atoms with Gasteiger partial charge in [-0.25, -0.2) is 0 Å². The number of nitrogens with one attached hydrogen (secondary N) is 1. The molecule has 1 N–H and O–H groups in total. The zero-order chi connectivity index (χ0) is 20.7. The first-order valence-electron chi connectivity index (χ1n) is 9.63. The molecule has 3 atom stereocenters. The topological polar surface area (TPSA) is 83.1 Å². The van der Waals surface area contributed by atoms with Gasteiger partial charge in [-0.3, -0.25) is 9.59 Å².